The Bertz CT molecular complexity index is 761. The van der Waals surface area contributed by atoms with Crippen molar-refractivity contribution in [1.29, 1.82) is 0 Å². The van der Waals surface area contributed by atoms with E-state index in [0.29, 0.717) is 22.3 Å². The summed E-state index contributed by atoms with van der Waals surface area (Å²) in [6.45, 7) is 4.17. The molecule has 134 valence electrons. The van der Waals surface area contributed by atoms with Crippen molar-refractivity contribution in [3.05, 3.63) is 52.0 Å². The molecule has 1 amide bonds. The Morgan fingerprint density at radius 2 is 1.72 bits per heavy atom. The Labute approximate surface area is 152 Å². The highest BCUT2D eigenvalue weighted by Gasteiger charge is 2.11. The van der Waals surface area contributed by atoms with Gasteiger partial charge in [0.1, 0.15) is 5.75 Å². The van der Waals surface area contributed by atoms with Crippen molar-refractivity contribution in [2.45, 2.75) is 20.4 Å². The lowest BCUT2D eigenvalue weighted by Gasteiger charge is -2.13. The molecule has 6 heteroatoms. The molecule has 1 N–H and O–H groups in total. The molecule has 2 aromatic carbocycles. The molecule has 2 rings (SSSR count). The second-order valence-corrected chi connectivity index (χ2v) is 6.04. The number of ether oxygens (including phenoxy) is 3. The Morgan fingerprint density at radius 1 is 1.04 bits per heavy atom. The number of amides is 1. The number of carbonyl (C=O) groups excluding carboxylic acids is 1. The molecule has 0 spiro atoms. The second-order valence-electron chi connectivity index (χ2n) is 5.63. The van der Waals surface area contributed by atoms with Gasteiger partial charge in [-0.15, -0.1) is 0 Å². The van der Waals surface area contributed by atoms with Gasteiger partial charge in [0.2, 0.25) is 0 Å². The van der Waals surface area contributed by atoms with Crippen LogP contribution in [-0.2, 0) is 11.3 Å². The molecular weight excluding hydrogens is 342 g/mol. The zero-order valence-corrected chi connectivity index (χ0v) is 15.6. The number of carbonyl (C=O) groups is 1. The van der Waals surface area contributed by atoms with Gasteiger partial charge in [-0.3, -0.25) is 4.79 Å². The Morgan fingerprint density at radius 3 is 2.36 bits per heavy atom. The van der Waals surface area contributed by atoms with E-state index >= 15 is 0 Å². The van der Waals surface area contributed by atoms with Gasteiger partial charge in [-0.25, -0.2) is 0 Å². The average molecular weight is 364 g/mol. The number of methoxy groups -OCH3 is 2. The highest BCUT2D eigenvalue weighted by atomic mass is 35.5. The minimum Gasteiger partial charge on any atom is -0.493 e. The van der Waals surface area contributed by atoms with Crippen LogP contribution < -0.4 is 19.5 Å². The third-order valence-electron chi connectivity index (χ3n) is 3.72. The van der Waals surface area contributed by atoms with Crippen LogP contribution in [-0.4, -0.2) is 26.7 Å². The molecule has 0 atom stereocenters. The van der Waals surface area contributed by atoms with Gasteiger partial charge in [0.25, 0.3) is 5.91 Å². The minimum atomic E-state index is -0.231. The number of halogens is 1. The van der Waals surface area contributed by atoms with Crippen molar-refractivity contribution in [1.82, 2.24) is 5.32 Å². The fraction of sp³-hybridized carbons (Fsp3) is 0.316. The summed E-state index contributed by atoms with van der Waals surface area (Å²) in [5.74, 6) is 1.57. The lowest BCUT2D eigenvalue weighted by Crippen LogP contribution is -2.28. The zero-order valence-electron chi connectivity index (χ0n) is 14.8. The van der Waals surface area contributed by atoms with Gasteiger partial charge >= 0.3 is 0 Å². The van der Waals surface area contributed by atoms with Crippen LogP contribution in [0.2, 0.25) is 5.02 Å². The molecule has 2 aromatic rings. The van der Waals surface area contributed by atoms with Crippen molar-refractivity contribution in [2.24, 2.45) is 0 Å². The van der Waals surface area contributed by atoms with Crippen LogP contribution in [0.3, 0.4) is 0 Å². The second kappa shape index (κ2) is 8.62. The van der Waals surface area contributed by atoms with Crippen molar-refractivity contribution in [3.63, 3.8) is 0 Å². The SMILES string of the molecule is COc1cc(Cl)c(CNC(=O)COc2ccc(C)cc2C)cc1OC. The molecular formula is C19H22ClNO4. The maximum Gasteiger partial charge on any atom is 0.258 e. The van der Waals surface area contributed by atoms with Gasteiger partial charge in [0, 0.05) is 17.6 Å². The lowest BCUT2D eigenvalue weighted by molar-refractivity contribution is -0.123. The molecule has 5 nitrogen and oxygen atoms in total. The molecule has 0 heterocycles. The van der Waals surface area contributed by atoms with Gasteiger partial charge in [-0.05, 0) is 37.1 Å². The summed E-state index contributed by atoms with van der Waals surface area (Å²) < 4.78 is 16.0. The van der Waals surface area contributed by atoms with Crippen LogP contribution in [0, 0.1) is 13.8 Å². The summed E-state index contributed by atoms with van der Waals surface area (Å²) >= 11 is 6.21. The van der Waals surface area contributed by atoms with E-state index in [2.05, 4.69) is 5.32 Å². The Hall–Kier alpha value is -2.40. The summed E-state index contributed by atoms with van der Waals surface area (Å²) in [7, 11) is 3.09. The summed E-state index contributed by atoms with van der Waals surface area (Å²) in [4.78, 5) is 12.0. The fourth-order valence-electron chi connectivity index (χ4n) is 2.38. The van der Waals surface area contributed by atoms with E-state index in [9.17, 15) is 4.79 Å². The van der Waals surface area contributed by atoms with Crippen molar-refractivity contribution < 1.29 is 19.0 Å². The quantitative estimate of drug-likeness (QED) is 0.815. The predicted octanol–water partition coefficient (Wildman–Crippen LogP) is 3.67. The van der Waals surface area contributed by atoms with E-state index in [0.717, 1.165) is 16.7 Å². The lowest BCUT2D eigenvalue weighted by atomic mass is 10.1. The molecule has 0 aliphatic rings. The van der Waals surface area contributed by atoms with E-state index in [1.54, 1.807) is 26.4 Å². The summed E-state index contributed by atoms with van der Waals surface area (Å²) in [5.41, 5.74) is 2.88. The molecule has 0 bridgehead atoms. The smallest absolute Gasteiger partial charge is 0.258 e. The highest BCUT2D eigenvalue weighted by Crippen LogP contribution is 2.32. The molecule has 0 fully saturated rings. The third-order valence-corrected chi connectivity index (χ3v) is 4.07. The first-order chi connectivity index (χ1) is 11.9. The Kier molecular flexibility index (Phi) is 6.53. The summed E-state index contributed by atoms with van der Waals surface area (Å²) in [5, 5.41) is 3.28. The first kappa shape index (κ1) is 18.9. The molecule has 0 saturated heterocycles. The number of benzene rings is 2. The van der Waals surface area contributed by atoms with Crippen LogP contribution >= 0.6 is 11.6 Å². The predicted molar refractivity (Wildman–Crippen MR) is 97.8 cm³/mol. The van der Waals surface area contributed by atoms with Gasteiger partial charge in [0.15, 0.2) is 18.1 Å². The number of rotatable bonds is 7. The van der Waals surface area contributed by atoms with E-state index in [1.165, 1.54) is 0 Å². The van der Waals surface area contributed by atoms with E-state index < -0.39 is 0 Å². The maximum atomic E-state index is 12.0. The molecule has 0 aliphatic heterocycles. The normalized spacial score (nSPS) is 10.3. The summed E-state index contributed by atoms with van der Waals surface area (Å²) in [6.07, 6.45) is 0. The highest BCUT2D eigenvalue weighted by molar-refractivity contribution is 6.31. The van der Waals surface area contributed by atoms with E-state index in [1.807, 2.05) is 32.0 Å². The molecule has 0 aromatic heterocycles. The molecule has 25 heavy (non-hydrogen) atoms. The van der Waals surface area contributed by atoms with E-state index in [-0.39, 0.29) is 19.1 Å². The van der Waals surface area contributed by atoms with Gasteiger partial charge in [-0.1, -0.05) is 29.3 Å². The van der Waals surface area contributed by atoms with Gasteiger partial charge in [0.05, 0.1) is 14.2 Å². The van der Waals surface area contributed by atoms with Crippen LogP contribution in [0.4, 0.5) is 0 Å². The molecule has 0 radical (unpaired) electrons. The largest absolute Gasteiger partial charge is 0.493 e. The minimum absolute atomic E-state index is 0.0607. The van der Waals surface area contributed by atoms with Gasteiger partial charge in [-0.2, -0.15) is 0 Å². The first-order valence-electron chi connectivity index (χ1n) is 7.81. The van der Waals surface area contributed by atoms with Crippen LogP contribution in [0.1, 0.15) is 16.7 Å². The molecule has 0 unspecified atom stereocenters. The number of hydrogen-bond acceptors (Lipinski definition) is 4. The maximum absolute atomic E-state index is 12.0. The van der Waals surface area contributed by atoms with Crippen molar-refractivity contribution >= 4 is 17.5 Å². The number of aryl methyl sites for hydroxylation is 2. The molecule has 0 saturated carbocycles. The Balaban J connectivity index is 1.93. The van der Waals surface area contributed by atoms with Gasteiger partial charge < -0.3 is 19.5 Å². The topological polar surface area (TPSA) is 56.8 Å². The fourth-order valence-corrected chi connectivity index (χ4v) is 2.60. The zero-order chi connectivity index (χ0) is 18.4. The number of nitrogens with one attached hydrogen (secondary N) is 1. The van der Waals surface area contributed by atoms with Crippen molar-refractivity contribution in [3.8, 4) is 17.2 Å². The van der Waals surface area contributed by atoms with Crippen LogP contribution in [0.25, 0.3) is 0 Å². The van der Waals surface area contributed by atoms with Crippen molar-refractivity contribution in [2.75, 3.05) is 20.8 Å². The summed E-state index contributed by atoms with van der Waals surface area (Å²) in [6, 6.07) is 9.23. The molecule has 0 aliphatic carbocycles. The first-order valence-corrected chi connectivity index (χ1v) is 8.19. The standard InChI is InChI=1S/C19H22ClNO4/c1-12-5-6-16(13(2)7-12)25-11-19(22)21-10-14-8-17(23-3)18(24-4)9-15(14)20/h5-9H,10-11H2,1-4H3,(H,21,22). The van der Waals surface area contributed by atoms with Crippen LogP contribution in [0.15, 0.2) is 30.3 Å². The van der Waals surface area contributed by atoms with E-state index in [4.69, 9.17) is 25.8 Å². The monoisotopic (exact) mass is 363 g/mol. The third kappa shape index (κ3) is 5.03. The number of hydrogen-bond donors (Lipinski definition) is 1. The average Bonchev–Trinajstić information content (AvgIpc) is 2.59. The van der Waals surface area contributed by atoms with Crippen LogP contribution in [0.5, 0.6) is 17.2 Å².